The molecule has 0 radical (unpaired) electrons. The molecule has 0 unspecified atom stereocenters. The van der Waals surface area contributed by atoms with E-state index in [2.05, 4.69) is 5.16 Å². The molecule has 0 aliphatic carbocycles. The average Bonchev–Trinajstić information content (AvgIpc) is 2.64. The van der Waals surface area contributed by atoms with Gasteiger partial charge in [0, 0.05) is 13.0 Å². The van der Waals surface area contributed by atoms with E-state index in [1.807, 2.05) is 6.92 Å². The van der Waals surface area contributed by atoms with Gasteiger partial charge in [0.2, 0.25) is 0 Å². The number of nitrogens with zero attached hydrogens (tertiary/aromatic N) is 1. The molecule has 5 nitrogen and oxygen atoms in total. The van der Waals surface area contributed by atoms with Crippen LogP contribution in [0.4, 0.5) is 0 Å². The van der Waals surface area contributed by atoms with Gasteiger partial charge in [-0.25, -0.2) is 0 Å². The maximum Gasteiger partial charge on any atom is 0.302 e. The molecule has 1 heterocycles. The van der Waals surface area contributed by atoms with Crippen LogP contribution >= 0.6 is 0 Å². The summed E-state index contributed by atoms with van der Waals surface area (Å²) < 4.78 is 9.87. The van der Waals surface area contributed by atoms with Crippen LogP contribution in [-0.2, 0) is 15.1 Å². The first-order valence-corrected chi connectivity index (χ1v) is 5.31. The van der Waals surface area contributed by atoms with E-state index in [4.69, 9.17) is 9.26 Å². The SMILES string of the molecule is CC(=O)OC/C=C(\C)c1cc(C(C)(C)O)no1. The van der Waals surface area contributed by atoms with Gasteiger partial charge in [-0.3, -0.25) is 4.79 Å². The number of hydrogen-bond donors (Lipinski definition) is 1. The van der Waals surface area contributed by atoms with Crippen molar-refractivity contribution in [3.63, 3.8) is 0 Å². The van der Waals surface area contributed by atoms with E-state index >= 15 is 0 Å². The smallest absolute Gasteiger partial charge is 0.302 e. The van der Waals surface area contributed by atoms with Crippen LogP contribution in [0.2, 0.25) is 0 Å². The number of ether oxygens (including phenoxy) is 1. The molecule has 0 atom stereocenters. The molecule has 0 aliphatic rings. The van der Waals surface area contributed by atoms with Crippen molar-refractivity contribution in [2.24, 2.45) is 0 Å². The van der Waals surface area contributed by atoms with Crippen molar-refractivity contribution in [3.05, 3.63) is 23.6 Å². The van der Waals surface area contributed by atoms with Gasteiger partial charge in [0.25, 0.3) is 0 Å². The molecule has 0 aromatic carbocycles. The molecular weight excluding hydrogens is 222 g/mol. The Bertz CT molecular complexity index is 426. The molecule has 0 aliphatic heterocycles. The summed E-state index contributed by atoms with van der Waals surface area (Å²) in [6.45, 7) is 6.63. The first-order chi connectivity index (χ1) is 7.80. The minimum atomic E-state index is -1.03. The third kappa shape index (κ3) is 4.03. The molecule has 1 aromatic rings. The van der Waals surface area contributed by atoms with Gasteiger partial charge in [-0.15, -0.1) is 0 Å². The fourth-order valence-electron chi connectivity index (χ4n) is 1.13. The van der Waals surface area contributed by atoms with Gasteiger partial charge in [0.1, 0.15) is 17.9 Å². The summed E-state index contributed by atoms with van der Waals surface area (Å²) in [7, 11) is 0. The topological polar surface area (TPSA) is 72.6 Å². The van der Waals surface area contributed by atoms with E-state index in [1.165, 1.54) is 6.92 Å². The van der Waals surface area contributed by atoms with Gasteiger partial charge in [-0.05, 0) is 32.4 Å². The highest BCUT2D eigenvalue weighted by Crippen LogP contribution is 2.22. The highest BCUT2D eigenvalue weighted by atomic mass is 16.5. The number of carbonyl (C=O) groups excluding carboxylic acids is 1. The zero-order chi connectivity index (χ0) is 13.1. The third-order valence-corrected chi connectivity index (χ3v) is 2.20. The van der Waals surface area contributed by atoms with Crippen molar-refractivity contribution in [1.82, 2.24) is 5.16 Å². The second-order valence-electron chi connectivity index (χ2n) is 4.33. The molecule has 1 aromatic heterocycles. The Kier molecular flexibility index (Phi) is 4.07. The van der Waals surface area contributed by atoms with Crippen molar-refractivity contribution in [3.8, 4) is 0 Å². The molecule has 0 saturated carbocycles. The molecule has 0 bridgehead atoms. The summed E-state index contributed by atoms with van der Waals surface area (Å²) in [5.41, 5.74) is 0.236. The molecule has 0 saturated heterocycles. The normalized spacial score (nSPS) is 12.6. The zero-order valence-corrected chi connectivity index (χ0v) is 10.5. The molecule has 5 heteroatoms. The van der Waals surface area contributed by atoms with Crippen LogP contribution in [0, 0.1) is 0 Å². The van der Waals surface area contributed by atoms with Gasteiger partial charge < -0.3 is 14.4 Å². The third-order valence-electron chi connectivity index (χ3n) is 2.20. The molecule has 17 heavy (non-hydrogen) atoms. The summed E-state index contributed by atoms with van der Waals surface area (Å²) in [6, 6.07) is 1.67. The standard InChI is InChI=1S/C12H17NO4/c1-8(5-6-16-9(2)14)10-7-11(13-17-10)12(3,4)15/h5,7,15H,6H2,1-4H3/b8-5+. The maximum absolute atomic E-state index is 10.6. The lowest BCUT2D eigenvalue weighted by atomic mass is 10.0. The zero-order valence-electron chi connectivity index (χ0n) is 10.5. The predicted molar refractivity (Wildman–Crippen MR) is 62.0 cm³/mol. The van der Waals surface area contributed by atoms with E-state index in [0.29, 0.717) is 11.5 Å². The maximum atomic E-state index is 10.6. The summed E-state index contributed by atoms with van der Waals surface area (Å²) in [5, 5.41) is 13.5. The van der Waals surface area contributed by atoms with Crippen molar-refractivity contribution >= 4 is 11.5 Å². The van der Waals surface area contributed by atoms with Gasteiger partial charge in [-0.1, -0.05) is 5.16 Å². The number of esters is 1. The number of aromatic nitrogens is 1. The lowest BCUT2D eigenvalue weighted by Gasteiger charge is -2.11. The van der Waals surface area contributed by atoms with Crippen LogP contribution in [0.15, 0.2) is 16.7 Å². The Morgan fingerprint density at radius 3 is 2.71 bits per heavy atom. The van der Waals surface area contributed by atoms with Crippen LogP contribution in [0.5, 0.6) is 0 Å². The first kappa shape index (κ1) is 13.4. The Morgan fingerprint density at radius 1 is 1.59 bits per heavy atom. The largest absolute Gasteiger partial charge is 0.462 e. The molecular formula is C12H17NO4. The first-order valence-electron chi connectivity index (χ1n) is 5.31. The van der Waals surface area contributed by atoms with Gasteiger partial charge in [-0.2, -0.15) is 0 Å². The van der Waals surface area contributed by atoms with Gasteiger partial charge in [0.15, 0.2) is 5.76 Å². The Balaban J connectivity index is 2.73. The van der Waals surface area contributed by atoms with Crippen molar-refractivity contribution in [2.45, 2.75) is 33.3 Å². The van der Waals surface area contributed by atoms with Gasteiger partial charge in [0.05, 0.1) is 0 Å². The summed E-state index contributed by atoms with van der Waals surface area (Å²) in [5.74, 6) is 0.220. The molecule has 1 N–H and O–H groups in total. The highest BCUT2D eigenvalue weighted by Gasteiger charge is 2.21. The molecule has 94 valence electrons. The fraction of sp³-hybridized carbons (Fsp3) is 0.500. The van der Waals surface area contributed by atoms with Crippen molar-refractivity contribution in [1.29, 1.82) is 0 Å². The summed E-state index contributed by atoms with van der Waals surface area (Å²) >= 11 is 0. The lowest BCUT2D eigenvalue weighted by molar-refractivity contribution is -0.139. The number of rotatable bonds is 4. The number of allylic oxidation sites excluding steroid dienone is 1. The number of carbonyl (C=O) groups is 1. The van der Waals surface area contributed by atoms with Crippen LogP contribution in [0.3, 0.4) is 0 Å². The number of aliphatic hydroxyl groups is 1. The van der Waals surface area contributed by atoms with Gasteiger partial charge >= 0.3 is 5.97 Å². The average molecular weight is 239 g/mol. The van der Waals surface area contributed by atoms with Crippen LogP contribution < -0.4 is 0 Å². The van der Waals surface area contributed by atoms with E-state index < -0.39 is 5.60 Å². The molecule has 1 rings (SSSR count). The summed E-state index contributed by atoms with van der Waals surface area (Å²) in [6.07, 6.45) is 1.72. The molecule has 0 amide bonds. The molecule has 0 spiro atoms. The van der Waals surface area contributed by atoms with Crippen LogP contribution in [0.1, 0.15) is 39.1 Å². The minimum absolute atomic E-state index is 0.194. The monoisotopic (exact) mass is 239 g/mol. The van der Waals surface area contributed by atoms with E-state index in [-0.39, 0.29) is 12.6 Å². The lowest BCUT2D eigenvalue weighted by Crippen LogP contribution is -2.15. The van der Waals surface area contributed by atoms with Crippen molar-refractivity contribution < 1.29 is 19.2 Å². The Morgan fingerprint density at radius 2 is 2.24 bits per heavy atom. The van der Waals surface area contributed by atoms with E-state index in [1.54, 1.807) is 26.0 Å². The fourth-order valence-corrected chi connectivity index (χ4v) is 1.13. The van der Waals surface area contributed by atoms with E-state index in [9.17, 15) is 9.90 Å². The van der Waals surface area contributed by atoms with E-state index in [0.717, 1.165) is 5.57 Å². The summed E-state index contributed by atoms with van der Waals surface area (Å²) in [4.78, 5) is 10.6. The predicted octanol–water partition coefficient (Wildman–Crippen LogP) is 1.87. The highest BCUT2D eigenvalue weighted by molar-refractivity contribution is 5.66. The van der Waals surface area contributed by atoms with Crippen molar-refractivity contribution in [2.75, 3.05) is 6.61 Å². The quantitative estimate of drug-likeness (QED) is 0.812. The minimum Gasteiger partial charge on any atom is -0.462 e. The van der Waals surface area contributed by atoms with Crippen LogP contribution in [-0.4, -0.2) is 22.8 Å². The second-order valence-corrected chi connectivity index (χ2v) is 4.33. The molecule has 0 fully saturated rings. The second kappa shape index (κ2) is 5.14. The Labute approximate surface area is 100 Å². The number of hydrogen-bond acceptors (Lipinski definition) is 5. The van der Waals surface area contributed by atoms with Crippen LogP contribution in [0.25, 0.3) is 5.57 Å². The Hall–Kier alpha value is -1.62.